The summed E-state index contributed by atoms with van der Waals surface area (Å²) in [7, 11) is 1.74. The van der Waals surface area contributed by atoms with Crippen LogP contribution < -0.4 is 10.1 Å². The van der Waals surface area contributed by atoms with Gasteiger partial charge in [0.15, 0.2) is 0 Å². The van der Waals surface area contributed by atoms with E-state index >= 15 is 0 Å². The first-order chi connectivity index (χ1) is 8.35. The number of ether oxygens (including phenoxy) is 1. The van der Waals surface area contributed by atoms with Gasteiger partial charge in [-0.25, -0.2) is 0 Å². The Labute approximate surface area is 108 Å². The fraction of sp³-hybridized carbons (Fsp3) is 0.571. The van der Waals surface area contributed by atoms with Crippen molar-refractivity contribution in [2.24, 2.45) is 5.92 Å². The molecule has 0 radical (unpaired) electrons. The maximum Gasteiger partial charge on any atom is 0.132 e. The smallest absolute Gasteiger partial charge is 0.132 e. The summed E-state index contributed by atoms with van der Waals surface area (Å²) in [6.45, 7) is 3.25. The van der Waals surface area contributed by atoms with Crippen LogP contribution in [-0.4, -0.2) is 25.4 Å². The molecule has 17 heavy (non-hydrogen) atoms. The van der Waals surface area contributed by atoms with Crippen LogP contribution in [0.1, 0.15) is 19.8 Å². The van der Waals surface area contributed by atoms with Gasteiger partial charge >= 0.3 is 0 Å². The van der Waals surface area contributed by atoms with Crippen molar-refractivity contribution >= 4 is 11.8 Å². The lowest BCUT2D eigenvalue weighted by molar-refractivity contribution is 0.404. The fourth-order valence-electron chi connectivity index (χ4n) is 2.04. The van der Waals surface area contributed by atoms with Crippen LogP contribution >= 0.6 is 11.8 Å². The van der Waals surface area contributed by atoms with E-state index in [1.807, 2.05) is 23.9 Å². The van der Waals surface area contributed by atoms with Crippen molar-refractivity contribution in [3.05, 3.63) is 24.3 Å². The van der Waals surface area contributed by atoms with Gasteiger partial charge in [-0.05, 0) is 37.4 Å². The zero-order valence-corrected chi connectivity index (χ0v) is 11.4. The minimum atomic E-state index is 0.662. The standard InChI is InChI=1S/C14H21NOS/c1-3-15-12(11-8-9-11)10-17-14-7-5-4-6-13(14)16-2/h4-7,11-12,15H,3,8-10H2,1-2H3. The van der Waals surface area contributed by atoms with Crippen molar-refractivity contribution in [2.75, 3.05) is 19.4 Å². The summed E-state index contributed by atoms with van der Waals surface area (Å²) >= 11 is 1.90. The first kappa shape index (κ1) is 12.8. The van der Waals surface area contributed by atoms with E-state index in [-0.39, 0.29) is 0 Å². The lowest BCUT2D eigenvalue weighted by Gasteiger charge is -2.17. The molecular formula is C14H21NOS. The molecule has 3 heteroatoms. The molecule has 1 saturated carbocycles. The molecule has 1 aliphatic rings. The highest BCUT2D eigenvalue weighted by Crippen LogP contribution is 2.36. The van der Waals surface area contributed by atoms with E-state index in [1.54, 1.807) is 7.11 Å². The van der Waals surface area contributed by atoms with E-state index in [1.165, 1.54) is 17.7 Å². The summed E-state index contributed by atoms with van der Waals surface area (Å²) in [5.41, 5.74) is 0. The fourth-order valence-corrected chi connectivity index (χ4v) is 3.26. The number of thioether (sulfide) groups is 1. The number of para-hydroxylation sites is 1. The van der Waals surface area contributed by atoms with Gasteiger partial charge in [0.1, 0.15) is 5.75 Å². The molecule has 0 aromatic heterocycles. The van der Waals surface area contributed by atoms with E-state index in [0.29, 0.717) is 6.04 Å². The van der Waals surface area contributed by atoms with E-state index in [9.17, 15) is 0 Å². The van der Waals surface area contributed by atoms with Gasteiger partial charge in [0, 0.05) is 16.7 Å². The number of benzene rings is 1. The number of methoxy groups -OCH3 is 1. The Balaban J connectivity index is 1.91. The van der Waals surface area contributed by atoms with Crippen molar-refractivity contribution in [1.29, 1.82) is 0 Å². The molecule has 0 spiro atoms. The summed E-state index contributed by atoms with van der Waals surface area (Å²) < 4.78 is 5.37. The van der Waals surface area contributed by atoms with Gasteiger partial charge < -0.3 is 10.1 Å². The van der Waals surface area contributed by atoms with Gasteiger partial charge in [-0.15, -0.1) is 11.8 Å². The normalized spacial score (nSPS) is 16.8. The maximum absolute atomic E-state index is 5.37. The zero-order valence-electron chi connectivity index (χ0n) is 10.6. The number of nitrogens with one attached hydrogen (secondary N) is 1. The van der Waals surface area contributed by atoms with Crippen LogP contribution in [0.3, 0.4) is 0 Å². The molecule has 2 nitrogen and oxygen atoms in total. The van der Waals surface area contributed by atoms with Crippen LogP contribution in [-0.2, 0) is 0 Å². The third-order valence-corrected chi connectivity index (χ3v) is 4.32. The lowest BCUT2D eigenvalue weighted by Crippen LogP contribution is -2.33. The van der Waals surface area contributed by atoms with E-state index in [0.717, 1.165) is 24.0 Å². The molecule has 0 aliphatic heterocycles. The van der Waals surface area contributed by atoms with Crippen molar-refractivity contribution in [3.8, 4) is 5.75 Å². The van der Waals surface area contributed by atoms with Crippen molar-refractivity contribution in [3.63, 3.8) is 0 Å². The number of rotatable bonds is 7. The van der Waals surface area contributed by atoms with E-state index in [4.69, 9.17) is 4.74 Å². The average molecular weight is 251 g/mol. The molecule has 1 N–H and O–H groups in total. The summed E-state index contributed by atoms with van der Waals surface area (Å²) in [4.78, 5) is 1.25. The molecule has 0 bridgehead atoms. The molecule has 1 atom stereocenters. The Kier molecular flexibility index (Phi) is 4.75. The minimum absolute atomic E-state index is 0.662. The molecule has 1 unspecified atom stereocenters. The second-order valence-electron chi connectivity index (χ2n) is 4.46. The molecule has 0 saturated heterocycles. The largest absolute Gasteiger partial charge is 0.496 e. The molecule has 94 valence electrons. The highest BCUT2D eigenvalue weighted by atomic mass is 32.2. The Hall–Kier alpha value is -0.670. The summed E-state index contributed by atoms with van der Waals surface area (Å²) in [6, 6.07) is 8.92. The van der Waals surface area contributed by atoms with Crippen LogP contribution in [0.2, 0.25) is 0 Å². The Morgan fingerprint density at radius 1 is 1.41 bits per heavy atom. The zero-order chi connectivity index (χ0) is 12.1. The van der Waals surface area contributed by atoms with Gasteiger partial charge in [0.2, 0.25) is 0 Å². The predicted octanol–water partition coefficient (Wildman–Crippen LogP) is 3.18. The molecular weight excluding hydrogens is 230 g/mol. The van der Waals surface area contributed by atoms with Crippen LogP contribution in [0.4, 0.5) is 0 Å². The van der Waals surface area contributed by atoms with Gasteiger partial charge in [0.05, 0.1) is 7.11 Å². The monoisotopic (exact) mass is 251 g/mol. The quantitative estimate of drug-likeness (QED) is 0.752. The molecule has 1 aromatic carbocycles. The molecule has 0 heterocycles. The Morgan fingerprint density at radius 3 is 2.82 bits per heavy atom. The van der Waals surface area contributed by atoms with Gasteiger partial charge in [0.25, 0.3) is 0 Å². The molecule has 2 rings (SSSR count). The minimum Gasteiger partial charge on any atom is -0.496 e. The van der Waals surface area contributed by atoms with Crippen LogP contribution in [0.5, 0.6) is 5.75 Å². The highest BCUT2D eigenvalue weighted by molar-refractivity contribution is 7.99. The Morgan fingerprint density at radius 2 is 2.18 bits per heavy atom. The molecule has 1 aromatic rings. The number of hydrogen-bond donors (Lipinski definition) is 1. The average Bonchev–Trinajstić information content (AvgIpc) is 3.19. The van der Waals surface area contributed by atoms with Gasteiger partial charge in [-0.2, -0.15) is 0 Å². The van der Waals surface area contributed by atoms with Crippen molar-refractivity contribution in [2.45, 2.75) is 30.7 Å². The van der Waals surface area contributed by atoms with Gasteiger partial charge in [-0.1, -0.05) is 19.1 Å². The van der Waals surface area contributed by atoms with Gasteiger partial charge in [-0.3, -0.25) is 0 Å². The highest BCUT2D eigenvalue weighted by Gasteiger charge is 2.30. The van der Waals surface area contributed by atoms with E-state index in [2.05, 4.69) is 24.4 Å². The van der Waals surface area contributed by atoms with Crippen LogP contribution in [0, 0.1) is 5.92 Å². The lowest BCUT2D eigenvalue weighted by atomic mass is 10.2. The van der Waals surface area contributed by atoms with Crippen molar-refractivity contribution < 1.29 is 4.74 Å². The molecule has 0 amide bonds. The SMILES string of the molecule is CCNC(CSc1ccccc1OC)C1CC1. The predicted molar refractivity (Wildman–Crippen MR) is 73.9 cm³/mol. The maximum atomic E-state index is 5.37. The summed E-state index contributed by atoms with van der Waals surface area (Å²) in [6.07, 6.45) is 2.79. The summed E-state index contributed by atoms with van der Waals surface area (Å²) in [5, 5.41) is 3.59. The Bertz CT molecular complexity index is 352. The van der Waals surface area contributed by atoms with Crippen LogP contribution in [0.25, 0.3) is 0 Å². The third-order valence-electron chi connectivity index (χ3n) is 3.14. The van der Waals surface area contributed by atoms with Crippen LogP contribution in [0.15, 0.2) is 29.2 Å². The third kappa shape index (κ3) is 3.65. The number of hydrogen-bond acceptors (Lipinski definition) is 3. The summed E-state index contributed by atoms with van der Waals surface area (Å²) in [5.74, 6) is 3.03. The molecule has 1 fully saturated rings. The molecule has 1 aliphatic carbocycles. The topological polar surface area (TPSA) is 21.3 Å². The van der Waals surface area contributed by atoms with Crippen molar-refractivity contribution in [1.82, 2.24) is 5.32 Å². The second-order valence-corrected chi connectivity index (χ2v) is 5.53. The second kappa shape index (κ2) is 6.31. The first-order valence-corrected chi connectivity index (χ1v) is 7.33. The van der Waals surface area contributed by atoms with E-state index < -0.39 is 0 Å². The first-order valence-electron chi connectivity index (χ1n) is 6.34.